The van der Waals surface area contributed by atoms with Gasteiger partial charge < -0.3 is 4.98 Å². The molecule has 0 spiro atoms. The third-order valence-electron chi connectivity index (χ3n) is 5.17. The minimum absolute atomic E-state index is 0.129. The van der Waals surface area contributed by atoms with Crippen molar-refractivity contribution in [2.24, 2.45) is 5.10 Å². The fraction of sp³-hybridized carbons (Fsp3) is 0.200. The highest BCUT2D eigenvalue weighted by Gasteiger charge is 2.31. The van der Waals surface area contributed by atoms with Crippen molar-refractivity contribution < 1.29 is 4.79 Å². The second kappa shape index (κ2) is 4.81. The van der Waals surface area contributed by atoms with Gasteiger partial charge in [-0.15, -0.1) is 0 Å². The smallest absolute Gasteiger partial charge is 0.272 e. The number of nitrogens with zero attached hydrogens (tertiary/aromatic N) is 1. The van der Waals surface area contributed by atoms with Crippen LogP contribution in [0.5, 0.6) is 0 Å². The normalized spacial score (nSPS) is 19.0. The van der Waals surface area contributed by atoms with Crippen LogP contribution in [0.15, 0.2) is 47.6 Å². The Morgan fingerprint density at radius 3 is 2.75 bits per heavy atom. The number of hydrazone groups is 1. The molecule has 0 radical (unpaired) electrons. The lowest BCUT2D eigenvalue weighted by atomic mass is 9.81. The molecule has 1 aromatic heterocycles. The Kier molecular flexibility index (Phi) is 2.71. The number of aromatic amines is 1. The van der Waals surface area contributed by atoms with E-state index in [1.165, 1.54) is 16.8 Å². The van der Waals surface area contributed by atoms with Crippen molar-refractivity contribution in [1.29, 1.82) is 0 Å². The molecule has 2 aromatic carbocycles. The third-order valence-corrected chi connectivity index (χ3v) is 5.17. The van der Waals surface area contributed by atoms with E-state index >= 15 is 0 Å². The lowest BCUT2D eigenvalue weighted by molar-refractivity contribution is 0.0957. The molecule has 1 aliphatic carbocycles. The van der Waals surface area contributed by atoms with Crippen molar-refractivity contribution in [1.82, 2.24) is 10.4 Å². The molecule has 4 heteroatoms. The largest absolute Gasteiger partial charge is 0.358 e. The van der Waals surface area contributed by atoms with E-state index in [4.69, 9.17) is 0 Å². The van der Waals surface area contributed by atoms with Crippen LogP contribution in [0, 0.1) is 6.92 Å². The Bertz CT molecular complexity index is 1010. The van der Waals surface area contributed by atoms with Crippen LogP contribution in [0.4, 0.5) is 0 Å². The summed E-state index contributed by atoms with van der Waals surface area (Å²) in [5.41, 5.74) is 10.3. The summed E-state index contributed by atoms with van der Waals surface area (Å²) in [6.45, 7) is 2.10. The minimum Gasteiger partial charge on any atom is -0.358 e. The van der Waals surface area contributed by atoms with Crippen molar-refractivity contribution in [3.8, 4) is 0 Å². The number of rotatable bonds is 1. The van der Waals surface area contributed by atoms with Crippen LogP contribution in [0.3, 0.4) is 0 Å². The Balaban J connectivity index is 1.70. The fourth-order valence-electron chi connectivity index (χ4n) is 3.97. The number of carbonyl (C=O) groups excluding carboxylic acids is 1. The SMILES string of the molecule is Cc1ccc(C2CC3=NNC(=O)c4cccc5[nH]c(c3c45)C2)cc1. The zero-order valence-corrected chi connectivity index (χ0v) is 13.4. The molecule has 4 nitrogen and oxygen atoms in total. The number of hydrogen-bond acceptors (Lipinski definition) is 2. The number of aryl methyl sites for hydroxylation is 1. The number of benzene rings is 2. The maximum atomic E-state index is 12.3. The van der Waals surface area contributed by atoms with Gasteiger partial charge in [0.25, 0.3) is 5.91 Å². The van der Waals surface area contributed by atoms with Gasteiger partial charge in [0, 0.05) is 22.2 Å². The van der Waals surface area contributed by atoms with Crippen molar-refractivity contribution in [3.05, 3.63) is 70.4 Å². The highest BCUT2D eigenvalue weighted by atomic mass is 16.2. The Morgan fingerprint density at radius 2 is 1.92 bits per heavy atom. The van der Waals surface area contributed by atoms with Crippen LogP contribution < -0.4 is 5.43 Å². The van der Waals surface area contributed by atoms with Crippen molar-refractivity contribution in [3.63, 3.8) is 0 Å². The van der Waals surface area contributed by atoms with Gasteiger partial charge in [-0.1, -0.05) is 35.9 Å². The number of aromatic nitrogens is 1. The predicted molar refractivity (Wildman–Crippen MR) is 94.5 cm³/mol. The molecule has 24 heavy (non-hydrogen) atoms. The van der Waals surface area contributed by atoms with E-state index in [0.717, 1.165) is 35.0 Å². The first-order valence-corrected chi connectivity index (χ1v) is 8.28. The van der Waals surface area contributed by atoms with Gasteiger partial charge >= 0.3 is 0 Å². The highest BCUT2D eigenvalue weighted by molar-refractivity contribution is 6.20. The van der Waals surface area contributed by atoms with E-state index in [0.29, 0.717) is 11.5 Å². The first-order valence-electron chi connectivity index (χ1n) is 8.28. The number of H-pyrrole nitrogens is 1. The molecule has 2 heterocycles. The van der Waals surface area contributed by atoms with Gasteiger partial charge in [0.15, 0.2) is 0 Å². The summed E-state index contributed by atoms with van der Waals surface area (Å²) >= 11 is 0. The average molecular weight is 315 g/mol. The molecule has 0 saturated heterocycles. The Morgan fingerprint density at radius 1 is 1.08 bits per heavy atom. The summed E-state index contributed by atoms with van der Waals surface area (Å²) in [7, 11) is 0. The van der Waals surface area contributed by atoms with Crippen LogP contribution in [-0.4, -0.2) is 16.6 Å². The quantitative estimate of drug-likeness (QED) is 0.707. The molecule has 2 N–H and O–H groups in total. The van der Waals surface area contributed by atoms with Crippen LogP contribution in [-0.2, 0) is 6.42 Å². The van der Waals surface area contributed by atoms with E-state index in [2.05, 4.69) is 46.7 Å². The van der Waals surface area contributed by atoms with E-state index < -0.39 is 0 Å². The molecule has 0 saturated carbocycles. The summed E-state index contributed by atoms with van der Waals surface area (Å²) in [6, 6.07) is 14.5. The van der Waals surface area contributed by atoms with Crippen molar-refractivity contribution >= 4 is 22.5 Å². The first kappa shape index (κ1) is 13.5. The van der Waals surface area contributed by atoms with Gasteiger partial charge in [0.1, 0.15) is 0 Å². The maximum Gasteiger partial charge on any atom is 0.272 e. The summed E-state index contributed by atoms with van der Waals surface area (Å²) in [4.78, 5) is 15.9. The minimum atomic E-state index is -0.129. The van der Waals surface area contributed by atoms with E-state index in [-0.39, 0.29) is 5.91 Å². The second-order valence-corrected chi connectivity index (χ2v) is 6.72. The Labute approximate surface area is 139 Å². The molecule has 1 atom stereocenters. The molecule has 1 amide bonds. The molecule has 1 unspecified atom stereocenters. The number of amides is 1. The molecule has 118 valence electrons. The maximum absolute atomic E-state index is 12.3. The molecule has 3 aromatic rings. The van der Waals surface area contributed by atoms with Crippen molar-refractivity contribution in [2.45, 2.75) is 25.7 Å². The molecular weight excluding hydrogens is 298 g/mol. The van der Waals surface area contributed by atoms with Crippen LogP contribution in [0.2, 0.25) is 0 Å². The standard InChI is InChI=1S/C20H17N3O/c1-11-5-7-12(8-6-11)13-9-16-19-17(10-13)22-23-20(24)14-3-2-4-15(21-16)18(14)19/h2-8,13,21H,9-10H2,1H3,(H,23,24). The highest BCUT2D eigenvalue weighted by Crippen LogP contribution is 2.38. The monoisotopic (exact) mass is 315 g/mol. The third kappa shape index (κ3) is 1.86. The Hall–Kier alpha value is -2.88. The molecule has 5 rings (SSSR count). The van der Waals surface area contributed by atoms with Gasteiger partial charge in [-0.25, -0.2) is 5.43 Å². The van der Waals surface area contributed by atoms with Gasteiger partial charge in [0.2, 0.25) is 0 Å². The number of carbonyl (C=O) groups is 1. The lowest BCUT2D eigenvalue weighted by Gasteiger charge is -2.24. The summed E-state index contributed by atoms with van der Waals surface area (Å²) in [5, 5.41) is 5.45. The van der Waals surface area contributed by atoms with Crippen LogP contribution in [0.1, 0.15) is 45.1 Å². The van der Waals surface area contributed by atoms with E-state index in [1.807, 2.05) is 18.2 Å². The van der Waals surface area contributed by atoms with Gasteiger partial charge in [-0.2, -0.15) is 5.10 Å². The van der Waals surface area contributed by atoms with Gasteiger partial charge in [-0.3, -0.25) is 4.79 Å². The molecule has 2 aliphatic rings. The van der Waals surface area contributed by atoms with Crippen LogP contribution >= 0.6 is 0 Å². The molecule has 0 fully saturated rings. The summed E-state index contributed by atoms with van der Waals surface area (Å²) in [5.74, 6) is 0.250. The van der Waals surface area contributed by atoms with Gasteiger partial charge in [0.05, 0.1) is 11.3 Å². The predicted octanol–water partition coefficient (Wildman–Crippen LogP) is 3.65. The van der Waals surface area contributed by atoms with E-state index in [1.54, 1.807) is 0 Å². The average Bonchev–Trinajstić information content (AvgIpc) is 2.91. The topological polar surface area (TPSA) is 57.2 Å². The first-order chi connectivity index (χ1) is 11.7. The van der Waals surface area contributed by atoms with Crippen LogP contribution in [0.25, 0.3) is 10.9 Å². The fourth-order valence-corrected chi connectivity index (χ4v) is 3.97. The van der Waals surface area contributed by atoms with Gasteiger partial charge in [-0.05, 0) is 43.4 Å². The number of nitrogens with one attached hydrogen (secondary N) is 2. The lowest BCUT2D eigenvalue weighted by Crippen LogP contribution is -2.22. The summed E-state index contributed by atoms with van der Waals surface area (Å²) < 4.78 is 0. The van der Waals surface area contributed by atoms with Crippen molar-refractivity contribution in [2.75, 3.05) is 0 Å². The molecule has 0 bridgehead atoms. The second-order valence-electron chi connectivity index (χ2n) is 6.72. The number of hydrogen-bond donors (Lipinski definition) is 2. The molecule has 1 aliphatic heterocycles. The summed E-state index contributed by atoms with van der Waals surface area (Å²) in [6.07, 6.45) is 1.79. The zero-order chi connectivity index (χ0) is 16.3. The molecular formula is C20H17N3O. The zero-order valence-electron chi connectivity index (χ0n) is 13.4. The van der Waals surface area contributed by atoms with E-state index in [9.17, 15) is 4.79 Å².